The Hall–Kier alpha value is -1.14. The monoisotopic (exact) mass is 286 g/mol. The van der Waals surface area contributed by atoms with Gasteiger partial charge in [0.25, 0.3) is 0 Å². The van der Waals surface area contributed by atoms with Crippen molar-refractivity contribution in [2.75, 3.05) is 13.1 Å². The van der Waals surface area contributed by atoms with Crippen LogP contribution in [0.5, 0.6) is 0 Å². The highest BCUT2D eigenvalue weighted by Gasteiger charge is 2.16. The molecule has 0 aromatic carbocycles. The molecule has 0 saturated carbocycles. The zero-order chi connectivity index (χ0) is 15.7. The predicted octanol–water partition coefficient (Wildman–Crippen LogP) is -0.0344. The van der Waals surface area contributed by atoms with Crippen molar-refractivity contribution in [3.05, 3.63) is 0 Å². The molecule has 0 radical (unpaired) electrons. The van der Waals surface area contributed by atoms with Gasteiger partial charge in [-0.25, -0.2) is 0 Å². The van der Waals surface area contributed by atoms with Gasteiger partial charge in [0, 0.05) is 13.1 Å². The lowest BCUT2D eigenvalue weighted by Crippen LogP contribution is -2.46. The largest absolute Gasteiger partial charge is 0.353 e. The van der Waals surface area contributed by atoms with Gasteiger partial charge in [-0.2, -0.15) is 0 Å². The van der Waals surface area contributed by atoms with E-state index in [1.54, 1.807) is 0 Å². The normalized spacial score (nSPS) is 14.2. The Balaban J connectivity index is 3.80. The summed E-state index contributed by atoms with van der Waals surface area (Å²) >= 11 is 0. The quantitative estimate of drug-likeness (QED) is 0.446. The van der Waals surface area contributed by atoms with Gasteiger partial charge in [0.1, 0.15) is 0 Å². The zero-order valence-corrected chi connectivity index (χ0v) is 13.1. The van der Waals surface area contributed by atoms with E-state index >= 15 is 0 Å². The Morgan fingerprint density at radius 1 is 0.800 bits per heavy atom. The van der Waals surface area contributed by atoms with Crippen LogP contribution in [0.4, 0.5) is 0 Å². The Morgan fingerprint density at radius 2 is 1.10 bits per heavy atom. The minimum Gasteiger partial charge on any atom is -0.353 e. The number of carbonyl (C=O) groups excluding carboxylic acids is 2. The average Bonchev–Trinajstić information content (AvgIpc) is 2.32. The molecule has 0 saturated heterocycles. The van der Waals surface area contributed by atoms with Gasteiger partial charge >= 0.3 is 0 Å². The summed E-state index contributed by atoms with van der Waals surface area (Å²) in [5.74, 6) is 0.396. The van der Waals surface area contributed by atoms with Crippen LogP contribution in [0.3, 0.4) is 0 Å². The van der Waals surface area contributed by atoms with Gasteiger partial charge in [-0.15, -0.1) is 0 Å². The van der Waals surface area contributed by atoms with Gasteiger partial charge in [0.05, 0.1) is 12.1 Å². The number of amides is 2. The van der Waals surface area contributed by atoms with Crippen LogP contribution in [-0.4, -0.2) is 37.0 Å². The predicted molar refractivity (Wildman–Crippen MR) is 80.9 cm³/mol. The lowest BCUT2D eigenvalue weighted by atomic mass is 10.0. The lowest BCUT2D eigenvalue weighted by molar-refractivity contribution is -0.124. The average molecular weight is 286 g/mol. The van der Waals surface area contributed by atoms with E-state index in [0.29, 0.717) is 37.8 Å². The fraction of sp³-hybridized carbons (Fsp3) is 0.857. The minimum absolute atomic E-state index is 0.181. The van der Waals surface area contributed by atoms with Crippen molar-refractivity contribution in [1.29, 1.82) is 0 Å². The molecular weight excluding hydrogens is 256 g/mol. The molecule has 6 heteroatoms. The van der Waals surface area contributed by atoms with Crippen LogP contribution in [0.15, 0.2) is 0 Å². The van der Waals surface area contributed by atoms with Crippen LogP contribution in [0.1, 0.15) is 40.5 Å². The van der Waals surface area contributed by atoms with Crippen LogP contribution in [-0.2, 0) is 9.59 Å². The highest BCUT2D eigenvalue weighted by molar-refractivity contribution is 5.82. The summed E-state index contributed by atoms with van der Waals surface area (Å²) in [6.07, 6.45) is 1.30. The molecule has 6 nitrogen and oxygen atoms in total. The molecular formula is C14H30N4O2. The summed E-state index contributed by atoms with van der Waals surface area (Å²) in [5.41, 5.74) is 11.5. The van der Waals surface area contributed by atoms with E-state index in [0.717, 1.165) is 0 Å². The second-order valence-electron chi connectivity index (χ2n) is 6.05. The van der Waals surface area contributed by atoms with Crippen LogP contribution in [0.25, 0.3) is 0 Å². The third kappa shape index (κ3) is 8.87. The molecule has 0 aliphatic heterocycles. The summed E-state index contributed by atoms with van der Waals surface area (Å²) in [6.45, 7) is 8.80. The molecule has 0 aliphatic carbocycles. The summed E-state index contributed by atoms with van der Waals surface area (Å²) in [7, 11) is 0. The van der Waals surface area contributed by atoms with Crippen molar-refractivity contribution in [3.63, 3.8) is 0 Å². The van der Waals surface area contributed by atoms with E-state index < -0.39 is 12.1 Å². The van der Waals surface area contributed by atoms with Crippen molar-refractivity contribution in [3.8, 4) is 0 Å². The van der Waals surface area contributed by atoms with Crippen molar-refractivity contribution < 1.29 is 9.59 Å². The molecule has 0 aromatic heterocycles. The van der Waals surface area contributed by atoms with E-state index in [4.69, 9.17) is 11.5 Å². The maximum Gasteiger partial charge on any atom is 0.236 e. The standard InChI is InChI=1S/C14H30N4O2/c1-9(2)7-11(15)13(19)17-5-6-18-14(20)12(16)8-10(3)4/h9-12H,5-8,15-16H2,1-4H3,(H,17,19)(H,18,20)/t11-,12-/m1/s1. The fourth-order valence-corrected chi connectivity index (χ4v) is 1.86. The van der Waals surface area contributed by atoms with Crippen molar-refractivity contribution in [2.24, 2.45) is 23.3 Å². The molecule has 20 heavy (non-hydrogen) atoms. The van der Waals surface area contributed by atoms with Crippen LogP contribution < -0.4 is 22.1 Å². The lowest BCUT2D eigenvalue weighted by Gasteiger charge is -2.16. The Labute approximate surface area is 122 Å². The zero-order valence-electron chi connectivity index (χ0n) is 13.1. The first kappa shape index (κ1) is 18.9. The third-order valence-electron chi connectivity index (χ3n) is 2.85. The van der Waals surface area contributed by atoms with Gasteiger partial charge < -0.3 is 22.1 Å². The molecule has 0 heterocycles. The number of carbonyl (C=O) groups is 2. The smallest absolute Gasteiger partial charge is 0.236 e. The molecule has 0 fully saturated rings. The first-order valence-corrected chi connectivity index (χ1v) is 7.30. The maximum absolute atomic E-state index is 11.6. The summed E-state index contributed by atoms with van der Waals surface area (Å²) in [5, 5.41) is 5.41. The maximum atomic E-state index is 11.6. The van der Waals surface area contributed by atoms with Crippen molar-refractivity contribution in [2.45, 2.75) is 52.6 Å². The van der Waals surface area contributed by atoms with Gasteiger partial charge in [0.2, 0.25) is 11.8 Å². The molecule has 2 amide bonds. The molecule has 6 N–H and O–H groups in total. The van der Waals surface area contributed by atoms with E-state index in [9.17, 15) is 9.59 Å². The van der Waals surface area contributed by atoms with Crippen LogP contribution >= 0.6 is 0 Å². The summed E-state index contributed by atoms with van der Waals surface area (Å²) in [4.78, 5) is 23.3. The summed E-state index contributed by atoms with van der Waals surface area (Å²) < 4.78 is 0. The SMILES string of the molecule is CC(C)C[C@@H](N)C(=O)NCCNC(=O)[C@H](N)CC(C)C. The second kappa shape index (κ2) is 9.72. The van der Waals surface area contributed by atoms with E-state index in [1.807, 2.05) is 27.7 Å². The van der Waals surface area contributed by atoms with Crippen LogP contribution in [0, 0.1) is 11.8 Å². The Kier molecular flexibility index (Phi) is 9.16. The molecule has 0 aromatic rings. The number of nitrogens with two attached hydrogens (primary N) is 2. The third-order valence-corrected chi connectivity index (χ3v) is 2.85. The number of rotatable bonds is 9. The Bertz CT molecular complexity index is 276. The van der Waals surface area contributed by atoms with Crippen LogP contribution in [0.2, 0.25) is 0 Å². The van der Waals surface area contributed by atoms with E-state index in [-0.39, 0.29) is 11.8 Å². The van der Waals surface area contributed by atoms with Gasteiger partial charge in [0.15, 0.2) is 0 Å². The second-order valence-corrected chi connectivity index (χ2v) is 6.05. The highest BCUT2D eigenvalue weighted by atomic mass is 16.2. The molecule has 0 unspecified atom stereocenters. The first-order valence-electron chi connectivity index (χ1n) is 7.30. The molecule has 0 rings (SSSR count). The minimum atomic E-state index is -0.492. The Morgan fingerprint density at radius 3 is 1.35 bits per heavy atom. The van der Waals surface area contributed by atoms with Crippen molar-refractivity contribution in [1.82, 2.24) is 10.6 Å². The van der Waals surface area contributed by atoms with Gasteiger partial charge in [-0.1, -0.05) is 27.7 Å². The summed E-state index contributed by atoms with van der Waals surface area (Å²) in [6, 6.07) is -0.984. The van der Waals surface area contributed by atoms with Gasteiger partial charge in [-0.05, 0) is 24.7 Å². The molecule has 118 valence electrons. The molecule has 2 atom stereocenters. The number of hydrogen-bond donors (Lipinski definition) is 4. The number of nitrogens with one attached hydrogen (secondary N) is 2. The van der Waals surface area contributed by atoms with Gasteiger partial charge in [-0.3, -0.25) is 9.59 Å². The fourth-order valence-electron chi connectivity index (χ4n) is 1.86. The van der Waals surface area contributed by atoms with Crippen molar-refractivity contribution >= 4 is 11.8 Å². The molecule has 0 aliphatic rings. The first-order chi connectivity index (χ1) is 9.23. The topological polar surface area (TPSA) is 110 Å². The van der Waals surface area contributed by atoms with E-state index in [2.05, 4.69) is 10.6 Å². The molecule has 0 spiro atoms. The highest BCUT2D eigenvalue weighted by Crippen LogP contribution is 2.03. The molecule has 0 bridgehead atoms. The number of hydrogen-bond acceptors (Lipinski definition) is 4. The van der Waals surface area contributed by atoms with E-state index in [1.165, 1.54) is 0 Å².